The molecule has 0 aromatic heterocycles. The van der Waals surface area contributed by atoms with Gasteiger partial charge in [-0.3, -0.25) is 0 Å². The van der Waals surface area contributed by atoms with Gasteiger partial charge in [-0.1, -0.05) is 103 Å². The Hall–Kier alpha value is -2.64. The van der Waals surface area contributed by atoms with E-state index >= 15 is 0 Å². The van der Waals surface area contributed by atoms with Crippen LogP contribution in [-0.4, -0.2) is 6.04 Å². The highest BCUT2D eigenvalue weighted by Gasteiger charge is 2.36. The summed E-state index contributed by atoms with van der Waals surface area (Å²) < 4.78 is 0. The first-order valence-corrected chi connectivity index (χ1v) is 8.93. The topological polar surface area (TPSA) is 26.0 Å². The molecule has 0 saturated heterocycles. The van der Waals surface area contributed by atoms with E-state index in [-0.39, 0.29) is 17.9 Å². The van der Waals surface area contributed by atoms with Crippen LogP contribution in [0.5, 0.6) is 0 Å². The molecular formula is C24H23N. The van der Waals surface area contributed by atoms with Crippen LogP contribution in [0.4, 0.5) is 0 Å². The quantitative estimate of drug-likeness (QED) is 0.655. The van der Waals surface area contributed by atoms with Crippen molar-refractivity contribution in [3.8, 4) is 0 Å². The molecule has 0 saturated carbocycles. The average Bonchev–Trinajstić information content (AvgIpc) is 2.70. The van der Waals surface area contributed by atoms with Crippen LogP contribution in [0.15, 0.2) is 103 Å². The number of rotatable bonds is 3. The lowest BCUT2D eigenvalue weighted by Crippen LogP contribution is -2.39. The average molecular weight is 325 g/mol. The van der Waals surface area contributed by atoms with Crippen LogP contribution in [0.1, 0.15) is 34.4 Å². The Labute approximate surface area is 149 Å². The van der Waals surface area contributed by atoms with E-state index in [9.17, 15) is 0 Å². The minimum Gasteiger partial charge on any atom is -0.326 e. The van der Waals surface area contributed by atoms with Crippen LogP contribution in [0.3, 0.4) is 0 Å². The van der Waals surface area contributed by atoms with E-state index in [1.54, 1.807) is 0 Å². The Bertz CT molecular complexity index is 824. The Balaban J connectivity index is 1.79. The molecule has 1 aliphatic rings. The van der Waals surface area contributed by atoms with Crippen LogP contribution in [0, 0.1) is 0 Å². The summed E-state index contributed by atoms with van der Waals surface area (Å²) in [5.74, 6) is 0.809. The third kappa shape index (κ3) is 3.16. The van der Waals surface area contributed by atoms with Gasteiger partial charge in [0, 0.05) is 23.8 Å². The number of hydrogen-bond donors (Lipinski definition) is 1. The van der Waals surface area contributed by atoms with Crippen LogP contribution in [-0.2, 0) is 0 Å². The van der Waals surface area contributed by atoms with Crippen molar-refractivity contribution in [1.82, 2.24) is 0 Å². The van der Waals surface area contributed by atoms with Gasteiger partial charge in [-0.25, -0.2) is 0 Å². The summed E-state index contributed by atoms with van der Waals surface area (Å²) in [4.78, 5) is 0. The van der Waals surface area contributed by atoms with Crippen LogP contribution >= 0.6 is 0 Å². The van der Waals surface area contributed by atoms with E-state index in [4.69, 9.17) is 5.73 Å². The molecule has 25 heavy (non-hydrogen) atoms. The summed E-state index contributed by atoms with van der Waals surface area (Å²) in [7, 11) is 0. The van der Waals surface area contributed by atoms with Gasteiger partial charge in [0.1, 0.15) is 0 Å². The highest BCUT2D eigenvalue weighted by Crippen LogP contribution is 2.44. The van der Waals surface area contributed by atoms with Gasteiger partial charge in [0.25, 0.3) is 0 Å². The van der Waals surface area contributed by atoms with Gasteiger partial charge in [-0.2, -0.15) is 0 Å². The zero-order valence-corrected chi connectivity index (χ0v) is 14.2. The smallest absolute Gasteiger partial charge is 0.0221 e. The lowest BCUT2D eigenvalue weighted by Gasteiger charge is -2.38. The Morgan fingerprint density at radius 2 is 0.880 bits per heavy atom. The van der Waals surface area contributed by atoms with Crippen molar-refractivity contribution in [3.05, 3.63) is 120 Å². The van der Waals surface area contributed by atoms with Gasteiger partial charge >= 0.3 is 0 Å². The van der Waals surface area contributed by atoms with Crippen LogP contribution in [0.25, 0.3) is 0 Å². The first kappa shape index (κ1) is 15.9. The van der Waals surface area contributed by atoms with E-state index in [1.165, 1.54) is 16.7 Å². The molecule has 3 aromatic rings. The van der Waals surface area contributed by atoms with Crippen molar-refractivity contribution >= 4 is 0 Å². The molecule has 4 atom stereocenters. The molecule has 1 heteroatoms. The van der Waals surface area contributed by atoms with Crippen LogP contribution < -0.4 is 5.73 Å². The SMILES string of the molecule is N[C@H]1[C@@H](c2ccccc2)[C@H](c2ccccc2)C=C[C@@H]1c1ccccc1. The largest absolute Gasteiger partial charge is 0.326 e. The molecule has 1 aliphatic carbocycles. The first-order chi connectivity index (χ1) is 12.3. The van der Waals surface area contributed by atoms with Crippen LogP contribution in [0.2, 0.25) is 0 Å². The molecule has 4 rings (SSSR count). The monoisotopic (exact) mass is 325 g/mol. The van der Waals surface area contributed by atoms with Gasteiger partial charge < -0.3 is 5.73 Å². The fourth-order valence-electron chi connectivity index (χ4n) is 4.06. The van der Waals surface area contributed by atoms with E-state index < -0.39 is 0 Å². The summed E-state index contributed by atoms with van der Waals surface area (Å²) in [6.45, 7) is 0. The summed E-state index contributed by atoms with van der Waals surface area (Å²) in [6, 6.07) is 32.1. The van der Waals surface area contributed by atoms with Crippen molar-refractivity contribution in [2.24, 2.45) is 5.73 Å². The number of allylic oxidation sites excluding steroid dienone is 1. The van der Waals surface area contributed by atoms with Crippen molar-refractivity contribution in [2.45, 2.75) is 23.8 Å². The number of benzene rings is 3. The minimum absolute atomic E-state index is 0.0417. The molecule has 3 aromatic carbocycles. The maximum atomic E-state index is 6.86. The molecule has 0 bridgehead atoms. The Morgan fingerprint density at radius 3 is 1.40 bits per heavy atom. The third-order valence-corrected chi connectivity index (χ3v) is 5.30. The normalized spacial score (nSPS) is 25.6. The summed E-state index contributed by atoms with van der Waals surface area (Å²) in [5, 5.41) is 0. The molecule has 0 aliphatic heterocycles. The Morgan fingerprint density at radius 1 is 0.480 bits per heavy atom. The van der Waals surface area contributed by atoms with E-state index in [0.29, 0.717) is 5.92 Å². The van der Waals surface area contributed by atoms with Crippen molar-refractivity contribution < 1.29 is 0 Å². The van der Waals surface area contributed by atoms with Gasteiger partial charge in [-0.05, 0) is 16.7 Å². The molecular weight excluding hydrogens is 302 g/mol. The maximum Gasteiger partial charge on any atom is 0.0221 e. The van der Waals surface area contributed by atoms with Crippen molar-refractivity contribution in [3.63, 3.8) is 0 Å². The standard InChI is InChI=1S/C24H23N/c25-24-22(19-12-6-2-7-13-19)17-16-21(18-10-4-1-5-11-18)23(24)20-14-8-3-9-15-20/h1-17,21-24H,25H2/t21-,22+,23-,24+/m0/s1. The van der Waals surface area contributed by atoms with Gasteiger partial charge in [0.05, 0.1) is 0 Å². The molecule has 1 nitrogen and oxygen atoms in total. The van der Waals surface area contributed by atoms with E-state index in [0.717, 1.165) is 0 Å². The van der Waals surface area contributed by atoms with Gasteiger partial charge in [-0.15, -0.1) is 0 Å². The number of hydrogen-bond acceptors (Lipinski definition) is 1. The summed E-state index contributed by atoms with van der Waals surface area (Å²) in [6.07, 6.45) is 4.66. The number of nitrogens with two attached hydrogens (primary N) is 1. The molecule has 0 amide bonds. The van der Waals surface area contributed by atoms with E-state index in [2.05, 4.69) is 103 Å². The predicted octanol–water partition coefficient (Wildman–Crippen LogP) is 5.23. The molecule has 0 unspecified atom stereocenters. The molecule has 124 valence electrons. The highest BCUT2D eigenvalue weighted by atomic mass is 14.7. The van der Waals surface area contributed by atoms with Gasteiger partial charge in [0.2, 0.25) is 0 Å². The highest BCUT2D eigenvalue weighted by molar-refractivity contribution is 5.40. The second-order valence-electron chi connectivity index (χ2n) is 6.77. The molecule has 0 heterocycles. The van der Waals surface area contributed by atoms with Gasteiger partial charge in [0.15, 0.2) is 0 Å². The second kappa shape index (κ2) is 7.08. The van der Waals surface area contributed by atoms with Crippen molar-refractivity contribution in [1.29, 1.82) is 0 Å². The molecule has 0 fully saturated rings. The summed E-state index contributed by atoms with van der Waals surface area (Å²) >= 11 is 0. The maximum absolute atomic E-state index is 6.86. The fourth-order valence-corrected chi connectivity index (χ4v) is 4.06. The zero-order chi connectivity index (χ0) is 17.1. The predicted molar refractivity (Wildman–Crippen MR) is 105 cm³/mol. The second-order valence-corrected chi connectivity index (χ2v) is 6.77. The first-order valence-electron chi connectivity index (χ1n) is 8.93. The molecule has 0 radical (unpaired) electrons. The third-order valence-electron chi connectivity index (χ3n) is 5.30. The Kier molecular flexibility index (Phi) is 4.49. The summed E-state index contributed by atoms with van der Waals surface area (Å²) in [5.41, 5.74) is 10.8. The van der Waals surface area contributed by atoms with Crippen molar-refractivity contribution in [2.75, 3.05) is 0 Å². The van der Waals surface area contributed by atoms with E-state index in [1.807, 2.05) is 0 Å². The lowest BCUT2D eigenvalue weighted by molar-refractivity contribution is 0.439. The minimum atomic E-state index is 0.0417. The lowest BCUT2D eigenvalue weighted by atomic mass is 9.68. The molecule has 0 spiro atoms. The fraction of sp³-hybridized carbons (Fsp3) is 0.167. The molecule has 2 N–H and O–H groups in total. The zero-order valence-electron chi connectivity index (χ0n) is 14.2.